The quantitative estimate of drug-likeness (QED) is 0.808. The van der Waals surface area contributed by atoms with E-state index in [9.17, 15) is 4.79 Å². The van der Waals surface area contributed by atoms with Gasteiger partial charge in [-0.1, -0.05) is 13.8 Å². The number of alkyl halides is 1. The highest BCUT2D eigenvalue weighted by Gasteiger charge is 2.26. The molecular formula is C13H22ClN3O. The van der Waals surface area contributed by atoms with Crippen molar-refractivity contribution in [1.29, 1.82) is 0 Å². The topological polar surface area (TPSA) is 46.9 Å². The van der Waals surface area contributed by atoms with Crippen molar-refractivity contribution in [2.24, 2.45) is 12.5 Å². The second-order valence-electron chi connectivity index (χ2n) is 4.83. The lowest BCUT2D eigenvalue weighted by molar-refractivity contribution is 0.0931. The van der Waals surface area contributed by atoms with Crippen LogP contribution in [0.3, 0.4) is 0 Å². The fraction of sp³-hybridized carbons (Fsp3) is 0.692. The molecule has 0 bridgehead atoms. The van der Waals surface area contributed by atoms with Crippen molar-refractivity contribution in [2.75, 3.05) is 12.4 Å². The Morgan fingerprint density at radius 1 is 1.50 bits per heavy atom. The number of hydrogen-bond acceptors (Lipinski definition) is 2. The van der Waals surface area contributed by atoms with Crippen molar-refractivity contribution in [3.05, 3.63) is 17.5 Å². The molecule has 1 aromatic rings. The van der Waals surface area contributed by atoms with E-state index >= 15 is 0 Å². The van der Waals surface area contributed by atoms with Crippen LogP contribution in [0.4, 0.5) is 0 Å². The third kappa shape index (κ3) is 3.25. The van der Waals surface area contributed by atoms with E-state index in [2.05, 4.69) is 24.3 Å². The molecule has 0 saturated heterocycles. The first-order valence-electron chi connectivity index (χ1n) is 6.32. The number of amides is 1. The van der Waals surface area contributed by atoms with Gasteiger partial charge in [0.25, 0.3) is 5.91 Å². The number of carbonyl (C=O) groups excluding carboxylic acids is 1. The van der Waals surface area contributed by atoms with Crippen molar-refractivity contribution in [3.63, 3.8) is 0 Å². The summed E-state index contributed by atoms with van der Waals surface area (Å²) in [5.74, 6) is 0.490. The standard InChI is InChI=1S/C13H22ClN3O/c1-5-13(6-2,8-14)9-15-12(18)11-7-17(4)16-10(11)3/h7H,5-6,8-9H2,1-4H3,(H,15,18). The summed E-state index contributed by atoms with van der Waals surface area (Å²) in [7, 11) is 1.81. The molecule has 0 fully saturated rings. The van der Waals surface area contributed by atoms with E-state index in [1.54, 1.807) is 10.9 Å². The maximum absolute atomic E-state index is 12.1. The lowest BCUT2D eigenvalue weighted by atomic mass is 9.84. The summed E-state index contributed by atoms with van der Waals surface area (Å²) in [6, 6.07) is 0. The zero-order valence-corrected chi connectivity index (χ0v) is 12.3. The SMILES string of the molecule is CCC(CC)(CCl)CNC(=O)c1cn(C)nc1C. The average Bonchev–Trinajstić information content (AvgIpc) is 2.70. The minimum atomic E-state index is -0.0722. The lowest BCUT2D eigenvalue weighted by Crippen LogP contribution is -2.38. The van der Waals surface area contributed by atoms with Crippen molar-refractivity contribution in [1.82, 2.24) is 15.1 Å². The summed E-state index contributed by atoms with van der Waals surface area (Å²) in [6.45, 7) is 6.65. The van der Waals surface area contributed by atoms with E-state index in [-0.39, 0.29) is 11.3 Å². The highest BCUT2D eigenvalue weighted by molar-refractivity contribution is 6.18. The maximum atomic E-state index is 12.1. The fourth-order valence-electron chi connectivity index (χ4n) is 1.92. The molecule has 102 valence electrons. The number of hydrogen-bond donors (Lipinski definition) is 1. The van der Waals surface area contributed by atoms with E-state index in [1.165, 1.54) is 0 Å². The fourth-order valence-corrected chi connectivity index (χ4v) is 2.39. The Bertz CT molecular complexity index is 402. The van der Waals surface area contributed by atoms with Crippen LogP contribution >= 0.6 is 11.6 Å². The number of nitrogens with one attached hydrogen (secondary N) is 1. The van der Waals surface area contributed by atoms with E-state index in [1.807, 2.05) is 14.0 Å². The summed E-state index contributed by atoms with van der Waals surface area (Å²) in [5, 5.41) is 7.14. The Morgan fingerprint density at radius 3 is 2.50 bits per heavy atom. The third-order valence-corrected chi connectivity index (χ3v) is 4.23. The lowest BCUT2D eigenvalue weighted by Gasteiger charge is -2.29. The van der Waals surface area contributed by atoms with Gasteiger partial charge < -0.3 is 5.32 Å². The maximum Gasteiger partial charge on any atom is 0.254 e. The minimum Gasteiger partial charge on any atom is -0.351 e. The van der Waals surface area contributed by atoms with E-state index in [0.717, 1.165) is 18.5 Å². The monoisotopic (exact) mass is 271 g/mol. The second-order valence-corrected chi connectivity index (χ2v) is 5.09. The highest BCUT2D eigenvalue weighted by atomic mass is 35.5. The van der Waals surface area contributed by atoms with Gasteiger partial charge in [0.2, 0.25) is 0 Å². The molecule has 0 atom stereocenters. The van der Waals surface area contributed by atoms with Gasteiger partial charge in [-0.3, -0.25) is 9.48 Å². The Kier molecular flexibility index (Phi) is 5.20. The summed E-state index contributed by atoms with van der Waals surface area (Å²) in [6.07, 6.45) is 3.66. The molecule has 1 rings (SSSR count). The third-order valence-electron chi connectivity index (χ3n) is 3.67. The van der Waals surface area contributed by atoms with Crippen molar-refractivity contribution in [3.8, 4) is 0 Å². The van der Waals surface area contributed by atoms with Gasteiger partial charge in [-0.05, 0) is 19.8 Å². The summed E-state index contributed by atoms with van der Waals surface area (Å²) < 4.78 is 1.65. The van der Waals surface area contributed by atoms with Crippen LogP contribution in [0.5, 0.6) is 0 Å². The van der Waals surface area contributed by atoms with Crippen molar-refractivity contribution >= 4 is 17.5 Å². The molecule has 0 aromatic carbocycles. The molecule has 1 aromatic heterocycles. The number of carbonyl (C=O) groups is 1. The number of aromatic nitrogens is 2. The molecule has 0 spiro atoms. The van der Waals surface area contributed by atoms with Gasteiger partial charge in [0.05, 0.1) is 11.3 Å². The van der Waals surface area contributed by atoms with Gasteiger partial charge in [0.15, 0.2) is 0 Å². The summed E-state index contributed by atoms with van der Waals surface area (Å²) >= 11 is 6.02. The first-order valence-corrected chi connectivity index (χ1v) is 6.86. The number of halogens is 1. The predicted molar refractivity (Wildman–Crippen MR) is 74.0 cm³/mol. The molecule has 0 radical (unpaired) electrons. The Labute approximate surface area is 114 Å². The van der Waals surface area contributed by atoms with Crippen molar-refractivity contribution < 1.29 is 4.79 Å². The predicted octanol–water partition coefficient (Wildman–Crippen LogP) is 2.50. The van der Waals surface area contributed by atoms with Gasteiger partial charge >= 0.3 is 0 Å². The van der Waals surface area contributed by atoms with E-state index in [4.69, 9.17) is 11.6 Å². The molecule has 0 saturated carbocycles. The largest absolute Gasteiger partial charge is 0.351 e. The number of aryl methyl sites for hydroxylation is 2. The molecule has 18 heavy (non-hydrogen) atoms. The summed E-state index contributed by atoms with van der Waals surface area (Å²) in [5.41, 5.74) is 1.38. The molecule has 0 aliphatic rings. The zero-order valence-electron chi connectivity index (χ0n) is 11.6. The number of nitrogens with zero attached hydrogens (tertiary/aromatic N) is 2. The van der Waals surface area contributed by atoms with Crippen LogP contribution in [0.25, 0.3) is 0 Å². The number of rotatable bonds is 6. The molecule has 0 unspecified atom stereocenters. The van der Waals surface area contributed by atoms with Crippen LogP contribution in [0.15, 0.2) is 6.20 Å². The second kappa shape index (κ2) is 6.23. The normalized spacial score (nSPS) is 11.6. The molecule has 4 nitrogen and oxygen atoms in total. The average molecular weight is 272 g/mol. The van der Waals surface area contributed by atoms with Gasteiger partial charge in [0, 0.05) is 31.1 Å². The minimum absolute atomic E-state index is 0.00662. The molecular weight excluding hydrogens is 250 g/mol. The van der Waals surface area contributed by atoms with Crippen LogP contribution in [0.1, 0.15) is 42.7 Å². The Balaban J connectivity index is 2.69. The first-order chi connectivity index (χ1) is 8.48. The molecule has 0 aliphatic carbocycles. The van der Waals surface area contributed by atoms with Gasteiger partial charge in [0.1, 0.15) is 0 Å². The van der Waals surface area contributed by atoms with Crippen LogP contribution in [0, 0.1) is 12.3 Å². The van der Waals surface area contributed by atoms with Gasteiger partial charge in [-0.2, -0.15) is 5.10 Å². The molecule has 1 N–H and O–H groups in total. The Morgan fingerprint density at radius 2 is 2.11 bits per heavy atom. The van der Waals surface area contributed by atoms with Crippen LogP contribution in [-0.4, -0.2) is 28.1 Å². The van der Waals surface area contributed by atoms with Crippen LogP contribution in [0.2, 0.25) is 0 Å². The van der Waals surface area contributed by atoms with Gasteiger partial charge in [-0.25, -0.2) is 0 Å². The molecule has 1 heterocycles. The highest BCUT2D eigenvalue weighted by Crippen LogP contribution is 2.27. The van der Waals surface area contributed by atoms with Crippen molar-refractivity contribution in [2.45, 2.75) is 33.6 Å². The van der Waals surface area contributed by atoms with E-state index < -0.39 is 0 Å². The molecule has 1 amide bonds. The van der Waals surface area contributed by atoms with E-state index in [0.29, 0.717) is 18.0 Å². The first kappa shape index (κ1) is 15.0. The zero-order chi connectivity index (χ0) is 13.8. The summed E-state index contributed by atoms with van der Waals surface area (Å²) in [4.78, 5) is 12.1. The smallest absolute Gasteiger partial charge is 0.254 e. The van der Waals surface area contributed by atoms with Crippen LogP contribution in [-0.2, 0) is 7.05 Å². The Hall–Kier alpha value is -1.03. The van der Waals surface area contributed by atoms with Crippen LogP contribution < -0.4 is 5.32 Å². The molecule has 0 aliphatic heterocycles. The molecule has 5 heteroatoms. The van der Waals surface area contributed by atoms with Gasteiger partial charge in [-0.15, -0.1) is 11.6 Å².